The van der Waals surface area contributed by atoms with Gasteiger partial charge in [-0.1, -0.05) is 12.1 Å². The number of piperidine rings is 1. The Morgan fingerprint density at radius 1 is 1.10 bits per heavy atom. The van der Waals surface area contributed by atoms with E-state index in [1.54, 1.807) is 9.21 Å². The fourth-order valence-corrected chi connectivity index (χ4v) is 6.41. The Hall–Kier alpha value is -1.95. The van der Waals surface area contributed by atoms with Crippen LogP contribution in [-0.2, 0) is 14.8 Å². The third-order valence-corrected chi connectivity index (χ3v) is 8.82. The smallest absolute Gasteiger partial charge is 0.236 e. The molecule has 0 bridgehead atoms. The molecule has 7 nitrogen and oxygen atoms in total. The summed E-state index contributed by atoms with van der Waals surface area (Å²) in [4.78, 5) is 16.4. The van der Waals surface area contributed by atoms with E-state index in [0.717, 1.165) is 18.4 Å². The van der Waals surface area contributed by atoms with Crippen molar-refractivity contribution in [3.05, 3.63) is 35.4 Å². The molecule has 2 saturated heterocycles. The summed E-state index contributed by atoms with van der Waals surface area (Å²) < 4.78 is 27.7. The van der Waals surface area contributed by atoms with Crippen molar-refractivity contribution in [3.8, 4) is 6.07 Å². The summed E-state index contributed by atoms with van der Waals surface area (Å²) in [6, 6.07) is 10.2. The van der Waals surface area contributed by atoms with Crippen LogP contribution in [0, 0.1) is 11.3 Å². The number of nitrogens with zero attached hydrogens (tertiary/aromatic N) is 4. The highest BCUT2D eigenvalue weighted by Gasteiger charge is 2.43. The molecule has 3 rings (SSSR count). The van der Waals surface area contributed by atoms with E-state index in [4.69, 9.17) is 5.26 Å². The van der Waals surface area contributed by atoms with Gasteiger partial charge >= 0.3 is 0 Å². The second kappa shape index (κ2) is 9.68. The second-order valence-corrected chi connectivity index (χ2v) is 11.4. The maximum atomic E-state index is 13.0. The van der Waals surface area contributed by atoms with Gasteiger partial charge in [-0.25, -0.2) is 12.7 Å². The predicted octanol–water partition coefficient (Wildman–Crippen LogP) is 2.40. The molecule has 2 fully saturated rings. The van der Waals surface area contributed by atoms with Crippen LogP contribution in [0.5, 0.6) is 0 Å². The lowest BCUT2D eigenvalue weighted by atomic mass is 9.90. The van der Waals surface area contributed by atoms with E-state index in [1.807, 2.05) is 24.3 Å². The van der Waals surface area contributed by atoms with Crippen LogP contribution in [0.15, 0.2) is 24.3 Å². The molecule has 0 aliphatic carbocycles. The Morgan fingerprint density at radius 3 is 2.13 bits per heavy atom. The fraction of sp³-hybridized carbons (Fsp3) is 0.652. The van der Waals surface area contributed by atoms with Crippen LogP contribution in [0.1, 0.15) is 57.6 Å². The SMILES string of the molecule is CC(C)N(CC(=O)N1CC(S(=O)(=O)N2CCC(c3ccc(C#N)cc3)CC2)C1)C(C)C. The molecule has 0 unspecified atom stereocenters. The molecule has 170 valence electrons. The fourth-order valence-electron chi connectivity index (χ4n) is 4.53. The number of amides is 1. The standard InChI is InChI=1S/C23H34N4O3S/c1-17(2)27(18(3)4)16-23(28)25-14-22(15-25)31(29,30)26-11-9-21(10-12-26)20-7-5-19(13-24)6-8-20/h5-8,17-18,21-22H,9-12,14-16H2,1-4H3. The quantitative estimate of drug-likeness (QED) is 0.642. The second-order valence-electron chi connectivity index (χ2n) is 9.23. The number of hydrogen-bond donors (Lipinski definition) is 0. The summed E-state index contributed by atoms with van der Waals surface area (Å²) in [5, 5.41) is 8.45. The minimum Gasteiger partial charge on any atom is -0.339 e. The van der Waals surface area contributed by atoms with Crippen molar-refractivity contribution in [1.82, 2.24) is 14.1 Å². The number of nitriles is 1. The third-order valence-electron chi connectivity index (χ3n) is 6.59. The molecule has 1 amide bonds. The number of hydrogen-bond acceptors (Lipinski definition) is 5. The lowest BCUT2D eigenvalue weighted by Crippen LogP contribution is -2.62. The van der Waals surface area contributed by atoms with Crippen LogP contribution >= 0.6 is 0 Å². The van der Waals surface area contributed by atoms with Gasteiger partial charge in [0.2, 0.25) is 15.9 Å². The van der Waals surface area contributed by atoms with Crippen molar-refractivity contribution >= 4 is 15.9 Å². The van der Waals surface area contributed by atoms with E-state index in [2.05, 4.69) is 38.7 Å². The molecular formula is C23H34N4O3S. The molecule has 31 heavy (non-hydrogen) atoms. The van der Waals surface area contributed by atoms with Crippen LogP contribution in [-0.4, -0.2) is 78.5 Å². The number of carbonyl (C=O) groups is 1. The predicted molar refractivity (Wildman–Crippen MR) is 121 cm³/mol. The Kier molecular flexibility index (Phi) is 7.40. The lowest BCUT2D eigenvalue weighted by Gasteiger charge is -2.43. The molecule has 2 aliphatic rings. The molecule has 8 heteroatoms. The first-order valence-corrected chi connectivity index (χ1v) is 12.7. The lowest BCUT2D eigenvalue weighted by molar-refractivity contribution is -0.136. The van der Waals surface area contributed by atoms with Gasteiger partial charge in [0.1, 0.15) is 5.25 Å². The van der Waals surface area contributed by atoms with Crippen LogP contribution in [0.3, 0.4) is 0 Å². The van der Waals surface area contributed by atoms with Crippen molar-refractivity contribution in [2.75, 3.05) is 32.7 Å². The molecule has 1 aromatic carbocycles. The first kappa shape index (κ1) is 23.7. The Morgan fingerprint density at radius 2 is 1.65 bits per heavy atom. The molecule has 1 aromatic rings. The van der Waals surface area contributed by atoms with Crippen molar-refractivity contribution in [3.63, 3.8) is 0 Å². The van der Waals surface area contributed by atoms with Gasteiger partial charge in [0.15, 0.2) is 0 Å². The Balaban J connectivity index is 1.51. The number of benzene rings is 1. The highest BCUT2D eigenvalue weighted by Crippen LogP contribution is 2.31. The number of rotatable bonds is 7. The molecule has 0 atom stereocenters. The van der Waals surface area contributed by atoms with Gasteiger partial charge in [0, 0.05) is 38.3 Å². The maximum Gasteiger partial charge on any atom is 0.236 e. The molecule has 2 heterocycles. The van der Waals surface area contributed by atoms with Crippen LogP contribution < -0.4 is 0 Å². The van der Waals surface area contributed by atoms with E-state index in [0.29, 0.717) is 44.2 Å². The van der Waals surface area contributed by atoms with Crippen LogP contribution in [0.4, 0.5) is 0 Å². The third kappa shape index (κ3) is 5.28. The summed E-state index contributed by atoms with van der Waals surface area (Å²) in [7, 11) is -3.39. The molecule has 0 radical (unpaired) electrons. The van der Waals surface area contributed by atoms with Gasteiger partial charge in [-0.2, -0.15) is 5.26 Å². The normalized spacial score (nSPS) is 19.1. The first-order chi connectivity index (χ1) is 14.6. The topological polar surface area (TPSA) is 84.7 Å². The average molecular weight is 447 g/mol. The van der Waals surface area contributed by atoms with Crippen LogP contribution in [0.2, 0.25) is 0 Å². The van der Waals surface area contributed by atoms with Gasteiger partial charge in [-0.05, 0) is 64.2 Å². The van der Waals surface area contributed by atoms with E-state index in [1.165, 1.54) is 0 Å². The van der Waals surface area contributed by atoms with E-state index in [-0.39, 0.29) is 18.0 Å². The summed E-state index contributed by atoms with van der Waals surface area (Å²) in [5.41, 5.74) is 1.80. The zero-order valence-corrected chi connectivity index (χ0v) is 19.8. The first-order valence-electron chi connectivity index (χ1n) is 11.2. The monoisotopic (exact) mass is 446 g/mol. The average Bonchev–Trinajstić information content (AvgIpc) is 2.70. The summed E-state index contributed by atoms with van der Waals surface area (Å²) in [6.45, 7) is 10.2. The van der Waals surface area contributed by atoms with Crippen molar-refractivity contribution in [2.24, 2.45) is 0 Å². The minimum atomic E-state index is -3.39. The van der Waals surface area contributed by atoms with Gasteiger partial charge in [-0.3, -0.25) is 9.69 Å². The zero-order valence-electron chi connectivity index (χ0n) is 19.0. The van der Waals surface area contributed by atoms with Crippen molar-refractivity contribution in [1.29, 1.82) is 5.26 Å². The Labute approximate surface area is 186 Å². The van der Waals surface area contributed by atoms with E-state index >= 15 is 0 Å². The van der Waals surface area contributed by atoms with Crippen molar-refractivity contribution < 1.29 is 13.2 Å². The minimum absolute atomic E-state index is 0.00775. The highest BCUT2D eigenvalue weighted by atomic mass is 32.2. The molecule has 0 aromatic heterocycles. The molecule has 0 N–H and O–H groups in total. The molecule has 2 aliphatic heterocycles. The number of carbonyl (C=O) groups excluding carboxylic acids is 1. The molecule has 0 saturated carbocycles. The summed E-state index contributed by atoms with van der Waals surface area (Å²) in [5.74, 6) is 0.324. The molecular weight excluding hydrogens is 412 g/mol. The summed E-state index contributed by atoms with van der Waals surface area (Å²) in [6.07, 6.45) is 1.55. The number of sulfonamides is 1. The van der Waals surface area contributed by atoms with Crippen LogP contribution in [0.25, 0.3) is 0 Å². The van der Waals surface area contributed by atoms with Crippen molar-refractivity contribution in [2.45, 2.75) is 63.8 Å². The summed E-state index contributed by atoms with van der Waals surface area (Å²) >= 11 is 0. The van der Waals surface area contributed by atoms with E-state index in [9.17, 15) is 13.2 Å². The Bertz CT molecular complexity index is 899. The van der Waals surface area contributed by atoms with Gasteiger partial charge in [0.25, 0.3) is 0 Å². The zero-order chi connectivity index (χ0) is 22.8. The number of likely N-dealkylation sites (tertiary alicyclic amines) is 1. The largest absolute Gasteiger partial charge is 0.339 e. The maximum absolute atomic E-state index is 13.0. The van der Waals surface area contributed by atoms with Gasteiger partial charge in [-0.15, -0.1) is 0 Å². The van der Waals surface area contributed by atoms with E-state index < -0.39 is 15.3 Å². The van der Waals surface area contributed by atoms with Gasteiger partial charge < -0.3 is 4.90 Å². The van der Waals surface area contributed by atoms with Gasteiger partial charge in [0.05, 0.1) is 18.2 Å². The molecule has 0 spiro atoms. The highest BCUT2D eigenvalue weighted by molar-refractivity contribution is 7.89.